The Balaban J connectivity index is 0.000000490. The molecule has 1 rings (SSSR count). The molecule has 1 aromatic rings. The molecule has 0 aliphatic carbocycles. The molecule has 0 amide bonds. The van der Waals surface area contributed by atoms with E-state index in [1.165, 1.54) is 0 Å². The molecule has 1 aromatic carbocycles. The first kappa shape index (κ1) is 8.17. The largest absolute Gasteiger partial charge is 0.107 e. The van der Waals surface area contributed by atoms with Crippen LogP contribution in [0.1, 0.15) is 0 Å². The van der Waals surface area contributed by atoms with Crippen molar-refractivity contribution < 1.29 is 0 Å². The van der Waals surface area contributed by atoms with E-state index in [-0.39, 0.29) is 24.0 Å². The number of rotatable bonds is 0. The van der Waals surface area contributed by atoms with E-state index in [0.717, 1.165) is 5.19 Å². The molecule has 0 unspecified atom stereocenters. The number of halogens is 1. The van der Waals surface area contributed by atoms with Gasteiger partial charge in [-0.2, -0.15) is 0 Å². The summed E-state index contributed by atoms with van der Waals surface area (Å²) < 4.78 is 0. The zero-order valence-electron chi connectivity index (χ0n) is 4.29. The summed E-state index contributed by atoms with van der Waals surface area (Å²) in [6, 6.07) is 9.96. The molecule has 0 aliphatic rings. The van der Waals surface area contributed by atoms with Gasteiger partial charge in [-0.1, -0.05) is 35.5 Å². The van der Waals surface area contributed by atoms with Crippen LogP contribution in [0, 0.1) is 0 Å². The Kier molecular flexibility index (Phi) is 4.17. The van der Waals surface area contributed by atoms with E-state index in [4.69, 9.17) is 0 Å². The molecular weight excluding hydrogens is 227 g/mol. The predicted octanol–water partition coefficient (Wildman–Crippen LogP) is 1.10. The van der Waals surface area contributed by atoms with Crippen LogP contribution in [0.25, 0.3) is 0 Å². The summed E-state index contributed by atoms with van der Waals surface area (Å²) in [6.45, 7) is 0. The number of hydrogen-bond acceptors (Lipinski definition) is 0. The van der Waals surface area contributed by atoms with Crippen LogP contribution in [-0.2, 0) is 0 Å². The van der Waals surface area contributed by atoms with Gasteiger partial charge >= 0.3 is 0 Å². The molecule has 0 fully saturated rings. The van der Waals surface area contributed by atoms with Gasteiger partial charge in [-0.15, -0.1) is 24.0 Å². The normalized spacial score (nSPS) is 7.62. The minimum atomic E-state index is 0. The third kappa shape index (κ3) is 2.47. The van der Waals surface area contributed by atoms with Crippen LogP contribution >= 0.6 is 24.0 Å². The Bertz CT molecular complexity index is 138. The Morgan fingerprint density at radius 3 is 1.75 bits per heavy atom. The smallest absolute Gasteiger partial charge is 0.0711 e. The summed E-state index contributed by atoms with van der Waals surface area (Å²) in [5.41, 5.74) is 0. The van der Waals surface area contributed by atoms with Gasteiger partial charge in [0.25, 0.3) is 0 Å². The van der Waals surface area contributed by atoms with Gasteiger partial charge in [-0.25, -0.2) is 0 Å². The first-order chi connectivity index (χ1) is 3.39. The molecule has 2 heteroatoms. The Morgan fingerprint density at radius 2 is 1.50 bits per heavy atom. The Hall–Kier alpha value is 0.167. The van der Waals surface area contributed by atoms with Crippen LogP contribution in [0.4, 0.5) is 0 Å². The predicted molar refractivity (Wildman–Crippen MR) is 47.2 cm³/mol. The molecule has 41 valence electrons. The van der Waals surface area contributed by atoms with Crippen molar-refractivity contribution in [2.24, 2.45) is 0 Å². The molecule has 0 heterocycles. The first-order valence-electron chi connectivity index (χ1n) is 2.16. The second kappa shape index (κ2) is 4.09. The third-order valence-corrected chi connectivity index (χ3v) is 1.11. The number of benzene rings is 1. The van der Waals surface area contributed by atoms with Crippen LogP contribution in [0.3, 0.4) is 0 Å². The highest BCUT2D eigenvalue weighted by Gasteiger charge is 1.72. The second-order valence-corrected chi connectivity index (χ2v) is 1.94. The van der Waals surface area contributed by atoms with Crippen molar-refractivity contribution in [1.82, 2.24) is 0 Å². The van der Waals surface area contributed by atoms with Crippen molar-refractivity contribution in [1.29, 1.82) is 0 Å². The van der Waals surface area contributed by atoms with Gasteiger partial charge in [0, 0.05) is 0 Å². The summed E-state index contributed by atoms with van der Waals surface area (Å²) in [7, 11) is 3.36. The summed E-state index contributed by atoms with van der Waals surface area (Å²) in [5.74, 6) is 0. The van der Waals surface area contributed by atoms with Gasteiger partial charge in [0.1, 0.15) is 0 Å². The molecule has 0 aliphatic heterocycles. The van der Waals surface area contributed by atoms with Gasteiger partial charge < -0.3 is 0 Å². The van der Waals surface area contributed by atoms with Gasteiger partial charge in [0.2, 0.25) is 0 Å². The van der Waals surface area contributed by atoms with Crippen molar-refractivity contribution in [2.75, 3.05) is 0 Å². The quantitative estimate of drug-likeness (QED) is 0.465. The Morgan fingerprint density at radius 1 is 1.00 bits per heavy atom. The van der Waals surface area contributed by atoms with Crippen molar-refractivity contribution in [3.8, 4) is 0 Å². The maximum atomic E-state index is 3.36. The average molecular weight is 233 g/mol. The van der Waals surface area contributed by atoms with Crippen LogP contribution in [-0.4, -0.2) is 10.2 Å². The maximum Gasteiger partial charge on any atom is 0.0711 e. The van der Waals surface area contributed by atoms with E-state index in [1.54, 1.807) is 0 Å². The van der Waals surface area contributed by atoms with Crippen molar-refractivity contribution >= 4 is 39.4 Å². The molecule has 0 aromatic heterocycles. The van der Waals surface area contributed by atoms with Crippen molar-refractivity contribution in [3.05, 3.63) is 30.3 Å². The Labute approximate surface area is 69.7 Å². The molecule has 0 nitrogen and oxygen atoms in total. The van der Waals surface area contributed by atoms with Crippen LogP contribution in [0.15, 0.2) is 30.3 Å². The van der Waals surface area contributed by atoms with Gasteiger partial charge in [0.15, 0.2) is 0 Å². The summed E-state index contributed by atoms with van der Waals surface area (Å²) >= 11 is 0. The molecule has 0 bridgehead atoms. The molecule has 0 N–H and O–H groups in total. The third-order valence-electron chi connectivity index (χ3n) is 0.774. The molecule has 0 saturated carbocycles. The van der Waals surface area contributed by atoms with Crippen molar-refractivity contribution in [3.63, 3.8) is 0 Å². The molecule has 0 saturated heterocycles. The minimum absolute atomic E-state index is 0. The van der Waals surface area contributed by atoms with Crippen LogP contribution < -0.4 is 5.19 Å². The summed E-state index contributed by atoms with van der Waals surface area (Å²) in [6.07, 6.45) is 0. The van der Waals surface area contributed by atoms with E-state index in [0.29, 0.717) is 0 Å². The van der Waals surface area contributed by atoms with E-state index < -0.39 is 0 Å². The van der Waals surface area contributed by atoms with E-state index in [1.807, 2.05) is 30.3 Å². The lowest BCUT2D eigenvalue weighted by Gasteiger charge is -1.82. The summed E-state index contributed by atoms with van der Waals surface area (Å²) in [5, 5.41) is 1.13. The monoisotopic (exact) mass is 233 g/mol. The highest BCUT2D eigenvalue weighted by Crippen LogP contribution is 1.76. The highest BCUT2D eigenvalue weighted by molar-refractivity contribution is 14.0. The molecular formula is C6H6ISi. The van der Waals surface area contributed by atoms with E-state index in [2.05, 4.69) is 10.2 Å². The fraction of sp³-hybridized carbons (Fsp3) is 0. The molecule has 3 radical (unpaired) electrons. The zero-order chi connectivity index (χ0) is 5.11. The topological polar surface area (TPSA) is 0 Å². The fourth-order valence-corrected chi connectivity index (χ4v) is 0.631. The lowest BCUT2D eigenvalue weighted by atomic mass is 10.4. The SMILES string of the molecule is I.[Si]c1ccccc1. The van der Waals surface area contributed by atoms with Gasteiger partial charge in [-0.05, 0) is 0 Å². The first-order valence-corrected chi connectivity index (χ1v) is 2.66. The van der Waals surface area contributed by atoms with E-state index in [9.17, 15) is 0 Å². The second-order valence-electron chi connectivity index (χ2n) is 1.37. The lowest BCUT2D eigenvalue weighted by Crippen LogP contribution is -1.97. The van der Waals surface area contributed by atoms with Gasteiger partial charge in [0.05, 0.1) is 10.2 Å². The standard InChI is InChI=1S/C6H5Si.HI/c7-6-4-2-1-3-5-6;/h1-5H;1H. The minimum Gasteiger partial charge on any atom is -0.107 e. The fourth-order valence-electron chi connectivity index (χ4n) is 0.438. The molecule has 8 heavy (non-hydrogen) atoms. The lowest BCUT2D eigenvalue weighted by molar-refractivity contribution is 1.78. The van der Waals surface area contributed by atoms with E-state index >= 15 is 0 Å². The molecule has 0 spiro atoms. The number of hydrogen-bond donors (Lipinski definition) is 0. The maximum absolute atomic E-state index is 3.36. The molecule has 0 atom stereocenters. The summed E-state index contributed by atoms with van der Waals surface area (Å²) in [4.78, 5) is 0. The average Bonchev–Trinajstić information content (AvgIpc) is 1.69. The van der Waals surface area contributed by atoms with Crippen LogP contribution in [0.2, 0.25) is 0 Å². The van der Waals surface area contributed by atoms with Crippen molar-refractivity contribution in [2.45, 2.75) is 0 Å². The highest BCUT2D eigenvalue weighted by atomic mass is 127. The zero-order valence-corrected chi connectivity index (χ0v) is 7.63. The van der Waals surface area contributed by atoms with Gasteiger partial charge in [-0.3, -0.25) is 0 Å². The van der Waals surface area contributed by atoms with Crippen LogP contribution in [0.5, 0.6) is 0 Å².